The first-order chi connectivity index (χ1) is 7.15. The number of aliphatic hydroxyl groups is 1. The van der Waals surface area contributed by atoms with E-state index in [4.69, 9.17) is 17.3 Å². The Balaban J connectivity index is 2.54. The van der Waals surface area contributed by atoms with E-state index in [0.717, 1.165) is 18.5 Å². The van der Waals surface area contributed by atoms with Crippen LogP contribution in [0.1, 0.15) is 19.8 Å². The normalized spacial score (nSPS) is 12.5. The van der Waals surface area contributed by atoms with E-state index in [1.807, 2.05) is 19.1 Å². The summed E-state index contributed by atoms with van der Waals surface area (Å²) in [6, 6.07) is 5.41. The summed E-state index contributed by atoms with van der Waals surface area (Å²) < 4.78 is 0. The third-order valence-electron chi connectivity index (χ3n) is 2.20. The Bertz CT molecular complexity index is 317. The molecule has 1 aromatic rings. The van der Waals surface area contributed by atoms with Crippen molar-refractivity contribution in [1.29, 1.82) is 0 Å². The smallest absolute Gasteiger partial charge is 0.0739 e. The number of hydrogen-bond acceptors (Lipinski definition) is 3. The molecule has 0 heterocycles. The Morgan fingerprint density at radius 1 is 1.53 bits per heavy atom. The average Bonchev–Trinajstić information content (AvgIpc) is 2.21. The third kappa shape index (κ3) is 3.61. The van der Waals surface area contributed by atoms with Crippen LogP contribution in [0.25, 0.3) is 0 Å². The monoisotopic (exact) mass is 228 g/mol. The van der Waals surface area contributed by atoms with Crippen LogP contribution >= 0.6 is 11.6 Å². The summed E-state index contributed by atoms with van der Waals surface area (Å²) in [7, 11) is 0. The minimum absolute atomic E-state index is 0.339. The molecule has 4 N–H and O–H groups in total. The second-order valence-corrected chi connectivity index (χ2v) is 3.93. The van der Waals surface area contributed by atoms with E-state index in [0.29, 0.717) is 17.3 Å². The van der Waals surface area contributed by atoms with Crippen molar-refractivity contribution in [2.45, 2.75) is 25.9 Å². The molecule has 0 saturated carbocycles. The number of aliphatic hydroxyl groups excluding tert-OH is 1. The highest BCUT2D eigenvalue weighted by Gasteiger charge is 2.05. The molecule has 0 saturated heterocycles. The summed E-state index contributed by atoms with van der Waals surface area (Å²) in [6.07, 6.45) is 1.41. The van der Waals surface area contributed by atoms with Gasteiger partial charge in [0.15, 0.2) is 0 Å². The van der Waals surface area contributed by atoms with Crippen molar-refractivity contribution in [3.63, 3.8) is 0 Å². The molecule has 15 heavy (non-hydrogen) atoms. The van der Waals surface area contributed by atoms with Gasteiger partial charge in [-0.15, -0.1) is 0 Å². The second kappa shape index (κ2) is 5.83. The van der Waals surface area contributed by atoms with E-state index >= 15 is 0 Å². The van der Waals surface area contributed by atoms with Crippen molar-refractivity contribution in [2.24, 2.45) is 0 Å². The Kier molecular flexibility index (Phi) is 4.72. The zero-order valence-electron chi connectivity index (χ0n) is 8.83. The number of benzene rings is 1. The van der Waals surface area contributed by atoms with Crippen LogP contribution < -0.4 is 11.1 Å². The molecule has 0 aliphatic carbocycles. The molecule has 1 rings (SSSR count). The van der Waals surface area contributed by atoms with Gasteiger partial charge in [-0.05, 0) is 18.6 Å². The Morgan fingerprint density at radius 3 is 2.93 bits per heavy atom. The zero-order chi connectivity index (χ0) is 11.3. The largest absolute Gasteiger partial charge is 0.396 e. The number of para-hydroxylation sites is 1. The van der Waals surface area contributed by atoms with Crippen LogP contribution in [-0.2, 0) is 0 Å². The number of nitrogens with one attached hydrogen (secondary N) is 1. The van der Waals surface area contributed by atoms with Gasteiger partial charge in [-0.1, -0.05) is 31.0 Å². The van der Waals surface area contributed by atoms with Gasteiger partial charge >= 0.3 is 0 Å². The number of halogens is 1. The molecule has 1 unspecified atom stereocenters. The molecule has 0 fully saturated rings. The minimum Gasteiger partial charge on any atom is -0.396 e. The molecule has 0 aliphatic rings. The van der Waals surface area contributed by atoms with E-state index in [1.165, 1.54) is 0 Å². The second-order valence-electron chi connectivity index (χ2n) is 3.52. The topological polar surface area (TPSA) is 58.3 Å². The van der Waals surface area contributed by atoms with E-state index in [1.54, 1.807) is 6.07 Å². The van der Waals surface area contributed by atoms with E-state index < -0.39 is 0 Å². The first-order valence-corrected chi connectivity index (χ1v) is 5.48. The van der Waals surface area contributed by atoms with Crippen molar-refractivity contribution in [3.8, 4) is 0 Å². The fraction of sp³-hybridized carbons (Fsp3) is 0.455. The lowest BCUT2D eigenvalue weighted by atomic mass is 10.2. The molecule has 0 spiro atoms. The maximum Gasteiger partial charge on any atom is 0.0739 e. The molecule has 84 valence electrons. The number of anilines is 2. The van der Waals surface area contributed by atoms with Gasteiger partial charge in [0.2, 0.25) is 0 Å². The van der Waals surface area contributed by atoms with Gasteiger partial charge in [0.1, 0.15) is 0 Å². The van der Waals surface area contributed by atoms with Gasteiger partial charge in [-0.2, -0.15) is 0 Å². The van der Waals surface area contributed by atoms with Gasteiger partial charge in [0, 0.05) is 6.54 Å². The van der Waals surface area contributed by atoms with Crippen molar-refractivity contribution < 1.29 is 5.11 Å². The molecule has 1 aromatic carbocycles. The Hall–Kier alpha value is -0.930. The van der Waals surface area contributed by atoms with Gasteiger partial charge in [-0.3, -0.25) is 0 Å². The van der Waals surface area contributed by atoms with Crippen LogP contribution in [0.2, 0.25) is 5.02 Å². The number of hydrogen-bond donors (Lipinski definition) is 3. The minimum atomic E-state index is -0.339. The van der Waals surface area contributed by atoms with Crippen LogP contribution in [-0.4, -0.2) is 17.8 Å². The van der Waals surface area contributed by atoms with Crippen LogP contribution in [0.4, 0.5) is 11.4 Å². The lowest BCUT2D eigenvalue weighted by Crippen LogP contribution is -2.19. The molecule has 0 aromatic heterocycles. The van der Waals surface area contributed by atoms with Gasteiger partial charge in [0.05, 0.1) is 22.5 Å². The molecule has 0 radical (unpaired) electrons. The summed E-state index contributed by atoms with van der Waals surface area (Å²) in [6.45, 7) is 2.54. The fourth-order valence-corrected chi connectivity index (χ4v) is 1.53. The lowest BCUT2D eigenvalue weighted by Gasteiger charge is -2.13. The Labute approximate surface area is 95.2 Å². The van der Waals surface area contributed by atoms with E-state index in [9.17, 15) is 5.11 Å². The molecular weight excluding hydrogens is 212 g/mol. The predicted octanol–water partition coefficient (Wildman–Crippen LogP) is 2.50. The van der Waals surface area contributed by atoms with Crippen LogP contribution in [0, 0.1) is 0 Å². The third-order valence-corrected chi connectivity index (χ3v) is 2.53. The first-order valence-electron chi connectivity index (χ1n) is 5.11. The first kappa shape index (κ1) is 12.1. The predicted molar refractivity (Wildman–Crippen MR) is 65.3 cm³/mol. The van der Waals surface area contributed by atoms with Crippen LogP contribution in [0.3, 0.4) is 0 Å². The van der Waals surface area contributed by atoms with Gasteiger partial charge in [0.25, 0.3) is 0 Å². The summed E-state index contributed by atoms with van der Waals surface area (Å²) in [4.78, 5) is 0. The highest BCUT2D eigenvalue weighted by molar-refractivity contribution is 6.33. The van der Waals surface area contributed by atoms with Crippen LogP contribution in [0.5, 0.6) is 0 Å². The molecular formula is C11H17ClN2O. The van der Waals surface area contributed by atoms with E-state index in [-0.39, 0.29) is 6.10 Å². The lowest BCUT2D eigenvalue weighted by molar-refractivity contribution is 0.176. The maximum atomic E-state index is 9.53. The highest BCUT2D eigenvalue weighted by Crippen LogP contribution is 2.26. The van der Waals surface area contributed by atoms with Crippen LogP contribution in [0.15, 0.2) is 18.2 Å². The highest BCUT2D eigenvalue weighted by atomic mass is 35.5. The maximum absolute atomic E-state index is 9.53. The number of rotatable bonds is 5. The quantitative estimate of drug-likeness (QED) is 0.679. The SMILES string of the molecule is CCCC(O)CNc1cccc(Cl)c1N. The van der Waals surface area contributed by atoms with Crippen molar-refractivity contribution in [3.05, 3.63) is 23.2 Å². The standard InChI is InChI=1S/C11H17ClN2O/c1-2-4-8(15)7-14-10-6-3-5-9(12)11(10)13/h3,5-6,8,14-15H,2,4,7,13H2,1H3. The zero-order valence-corrected chi connectivity index (χ0v) is 9.59. The molecule has 4 heteroatoms. The van der Waals surface area contributed by atoms with Gasteiger partial charge < -0.3 is 16.2 Å². The summed E-state index contributed by atoms with van der Waals surface area (Å²) in [5, 5.41) is 13.1. The summed E-state index contributed by atoms with van der Waals surface area (Å²) >= 11 is 5.86. The fourth-order valence-electron chi connectivity index (χ4n) is 1.35. The number of nitrogens with two attached hydrogens (primary N) is 1. The summed E-state index contributed by atoms with van der Waals surface area (Å²) in [5.74, 6) is 0. The molecule has 0 amide bonds. The van der Waals surface area contributed by atoms with Crippen molar-refractivity contribution in [1.82, 2.24) is 0 Å². The number of nitrogen functional groups attached to an aromatic ring is 1. The van der Waals surface area contributed by atoms with E-state index in [2.05, 4.69) is 5.32 Å². The van der Waals surface area contributed by atoms with Crippen molar-refractivity contribution in [2.75, 3.05) is 17.6 Å². The molecule has 0 bridgehead atoms. The molecule has 1 atom stereocenters. The summed E-state index contributed by atoms with van der Waals surface area (Å²) in [5.41, 5.74) is 7.07. The Morgan fingerprint density at radius 2 is 2.27 bits per heavy atom. The molecule has 0 aliphatic heterocycles. The average molecular weight is 229 g/mol. The van der Waals surface area contributed by atoms with Crippen molar-refractivity contribution >= 4 is 23.0 Å². The molecule has 3 nitrogen and oxygen atoms in total. The van der Waals surface area contributed by atoms with Gasteiger partial charge in [-0.25, -0.2) is 0 Å².